The molecule has 0 aliphatic carbocycles. The zero-order valence-electron chi connectivity index (χ0n) is 14.8. The third-order valence-corrected chi connectivity index (χ3v) is 3.81. The minimum Gasteiger partial charge on any atom is -0.463 e. The number of benzene rings is 1. The van der Waals surface area contributed by atoms with Crippen LogP contribution in [0.15, 0.2) is 29.5 Å². The third kappa shape index (κ3) is 4.37. The second-order valence-corrected chi connectivity index (χ2v) is 5.83. The number of hydrogen-bond donors (Lipinski definition) is 2. The number of ether oxygens (including phenoxy) is 2. The van der Waals surface area contributed by atoms with Crippen LogP contribution in [0.3, 0.4) is 0 Å². The first-order valence-electron chi connectivity index (χ1n) is 8.05. The molecule has 0 bridgehead atoms. The van der Waals surface area contributed by atoms with Crippen LogP contribution in [-0.2, 0) is 14.3 Å². The minimum absolute atomic E-state index is 0.207. The van der Waals surface area contributed by atoms with Crippen molar-refractivity contribution in [3.63, 3.8) is 0 Å². The van der Waals surface area contributed by atoms with Crippen LogP contribution in [0.1, 0.15) is 35.3 Å². The fourth-order valence-electron chi connectivity index (χ4n) is 2.65. The Morgan fingerprint density at radius 3 is 2.52 bits per heavy atom. The van der Waals surface area contributed by atoms with Crippen molar-refractivity contribution in [3.05, 3.63) is 46.2 Å². The van der Waals surface area contributed by atoms with Crippen LogP contribution in [0.5, 0.6) is 0 Å². The summed E-state index contributed by atoms with van der Waals surface area (Å²) in [7, 11) is 0. The van der Waals surface area contributed by atoms with Crippen molar-refractivity contribution in [3.8, 4) is 0 Å². The number of amides is 2. The first-order valence-corrected chi connectivity index (χ1v) is 8.05. The van der Waals surface area contributed by atoms with Crippen molar-refractivity contribution < 1.29 is 23.9 Å². The molecule has 0 spiro atoms. The summed E-state index contributed by atoms with van der Waals surface area (Å²) < 4.78 is 10.3. The van der Waals surface area contributed by atoms with Gasteiger partial charge in [0.05, 0.1) is 29.5 Å². The average molecular weight is 346 g/mol. The number of urea groups is 1. The Morgan fingerprint density at radius 1 is 1.16 bits per heavy atom. The van der Waals surface area contributed by atoms with Gasteiger partial charge in [0.1, 0.15) is 6.61 Å². The molecule has 7 heteroatoms. The summed E-state index contributed by atoms with van der Waals surface area (Å²) in [6.45, 7) is 7.09. The van der Waals surface area contributed by atoms with Gasteiger partial charge in [0, 0.05) is 0 Å². The van der Waals surface area contributed by atoms with Gasteiger partial charge in [0.2, 0.25) is 0 Å². The second kappa shape index (κ2) is 7.83. The molecule has 0 fully saturated rings. The fraction of sp³-hybridized carbons (Fsp3) is 0.389. The van der Waals surface area contributed by atoms with Gasteiger partial charge in [-0.25, -0.2) is 14.4 Å². The number of hydrogen-bond acceptors (Lipinski definition) is 5. The Bertz CT molecular complexity index is 739. The maximum absolute atomic E-state index is 12.3. The first kappa shape index (κ1) is 18.5. The van der Waals surface area contributed by atoms with Crippen LogP contribution in [0.25, 0.3) is 0 Å². The molecule has 1 aliphatic rings. The molecule has 2 rings (SSSR count). The minimum atomic E-state index is -0.555. The van der Waals surface area contributed by atoms with E-state index in [0.29, 0.717) is 5.56 Å². The van der Waals surface area contributed by atoms with Crippen LogP contribution in [-0.4, -0.2) is 37.2 Å². The lowest BCUT2D eigenvalue weighted by atomic mass is 10.0. The molecule has 0 radical (unpaired) electrons. The molecule has 1 aliphatic heterocycles. The van der Waals surface area contributed by atoms with Gasteiger partial charge in [-0.1, -0.05) is 17.7 Å². The Balaban J connectivity index is 2.19. The van der Waals surface area contributed by atoms with Crippen LogP contribution < -0.4 is 10.6 Å². The van der Waals surface area contributed by atoms with Gasteiger partial charge in [-0.05, 0) is 39.3 Å². The summed E-state index contributed by atoms with van der Waals surface area (Å²) in [6.07, 6.45) is 0. The summed E-state index contributed by atoms with van der Waals surface area (Å²) in [5.74, 6) is -1.08. The van der Waals surface area contributed by atoms with Gasteiger partial charge in [-0.3, -0.25) is 0 Å². The number of aryl methyl sites for hydroxylation is 2. The Labute approximate surface area is 146 Å². The highest BCUT2D eigenvalue weighted by molar-refractivity contribution is 5.95. The first-order chi connectivity index (χ1) is 11.8. The monoisotopic (exact) mass is 346 g/mol. The number of nitrogens with one attached hydrogen (secondary N) is 2. The molecule has 0 unspecified atom stereocenters. The van der Waals surface area contributed by atoms with E-state index in [2.05, 4.69) is 10.6 Å². The van der Waals surface area contributed by atoms with Gasteiger partial charge >= 0.3 is 18.0 Å². The predicted molar refractivity (Wildman–Crippen MR) is 91.0 cm³/mol. The van der Waals surface area contributed by atoms with Crippen molar-refractivity contribution >= 4 is 18.0 Å². The summed E-state index contributed by atoms with van der Waals surface area (Å²) in [6, 6.07) is 4.40. The third-order valence-electron chi connectivity index (χ3n) is 3.81. The highest BCUT2D eigenvalue weighted by Crippen LogP contribution is 2.16. The quantitative estimate of drug-likeness (QED) is 0.795. The van der Waals surface area contributed by atoms with Gasteiger partial charge in [0.25, 0.3) is 0 Å². The van der Waals surface area contributed by atoms with E-state index in [-0.39, 0.29) is 24.5 Å². The van der Waals surface area contributed by atoms with E-state index >= 15 is 0 Å². The summed E-state index contributed by atoms with van der Waals surface area (Å²) >= 11 is 0. The number of carbonyl (C=O) groups is 3. The highest BCUT2D eigenvalue weighted by Gasteiger charge is 2.30. The normalized spacial score (nSPS) is 16.8. The lowest BCUT2D eigenvalue weighted by Gasteiger charge is -2.26. The molecule has 0 saturated heterocycles. The van der Waals surface area contributed by atoms with Crippen LogP contribution in [0, 0.1) is 13.8 Å². The molecule has 1 aromatic carbocycles. The van der Waals surface area contributed by atoms with E-state index in [0.717, 1.165) is 11.1 Å². The molecular weight excluding hydrogens is 324 g/mol. The van der Waals surface area contributed by atoms with Crippen molar-refractivity contribution in [2.45, 2.75) is 33.7 Å². The fourth-order valence-corrected chi connectivity index (χ4v) is 2.65. The van der Waals surface area contributed by atoms with E-state index in [4.69, 9.17) is 9.47 Å². The number of esters is 2. The lowest BCUT2D eigenvalue weighted by Crippen LogP contribution is -2.50. The van der Waals surface area contributed by atoms with Gasteiger partial charge in [0.15, 0.2) is 0 Å². The Kier molecular flexibility index (Phi) is 5.80. The molecular formula is C18H22N2O5. The van der Waals surface area contributed by atoms with Gasteiger partial charge < -0.3 is 20.1 Å². The van der Waals surface area contributed by atoms with Gasteiger partial charge in [-0.15, -0.1) is 0 Å². The molecule has 1 atom stereocenters. The van der Waals surface area contributed by atoms with Crippen molar-refractivity contribution in [1.82, 2.24) is 10.6 Å². The van der Waals surface area contributed by atoms with Crippen molar-refractivity contribution in [2.75, 3.05) is 13.2 Å². The van der Waals surface area contributed by atoms with Crippen LogP contribution >= 0.6 is 0 Å². The highest BCUT2D eigenvalue weighted by atomic mass is 16.5. The Hall–Kier alpha value is -2.83. The summed E-state index contributed by atoms with van der Waals surface area (Å²) in [5, 5.41) is 5.10. The maximum Gasteiger partial charge on any atom is 0.338 e. The molecule has 134 valence electrons. The number of carbonyl (C=O) groups excluding carboxylic acids is 3. The summed E-state index contributed by atoms with van der Waals surface area (Å²) in [5.41, 5.74) is 2.76. The van der Waals surface area contributed by atoms with Crippen LogP contribution in [0.4, 0.5) is 4.79 Å². The molecule has 7 nitrogen and oxygen atoms in total. The van der Waals surface area contributed by atoms with Crippen molar-refractivity contribution in [2.24, 2.45) is 0 Å². The summed E-state index contributed by atoms with van der Waals surface area (Å²) in [4.78, 5) is 36.1. The topological polar surface area (TPSA) is 93.7 Å². The zero-order valence-corrected chi connectivity index (χ0v) is 14.8. The van der Waals surface area contributed by atoms with Crippen LogP contribution in [0.2, 0.25) is 0 Å². The van der Waals surface area contributed by atoms with E-state index < -0.39 is 24.0 Å². The van der Waals surface area contributed by atoms with E-state index in [1.165, 1.54) is 0 Å². The molecule has 2 amide bonds. The van der Waals surface area contributed by atoms with Gasteiger partial charge in [-0.2, -0.15) is 0 Å². The number of rotatable bonds is 5. The SMILES string of the molecule is CCOC(=O)C1=C(COC(=O)c2ccc(C)cc2C)NC(=O)N[C@H]1C. The standard InChI is InChI=1S/C18H22N2O5/c1-5-24-17(22)15-12(4)19-18(23)20-14(15)9-25-16(21)13-7-6-10(2)8-11(13)3/h6-8,12H,5,9H2,1-4H3,(H2,19,20,23)/t12-/m0/s1. The second-order valence-electron chi connectivity index (χ2n) is 5.83. The molecule has 1 heterocycles. The average Bonchev–Trinajstić information content (AvgIpc) is 2.52. The zero-order chi connectivity index (χ0) is 18.6. The molecule has 0 saturated carbocycles. The molecule has 25 heavy (non-hydrogen) atoms. The molecule has 0 aromatic heterocycles. The van der Waals surface area contributed by atoms with Crippen molar-refractivity contribution in [1.29, 1.82) is 0 Å². The van der Waals surface area contributed by atoms with E-state index in [9.17, 15) is 14.4 Å². The Morgan fingerprint density at radius 2 is 1.88 bits per heavy atom. The smallest absolute Gasteiger partial charge is 0.338 e. The lowest BCUT2D eigenvalue weighted by molar-refractivity contribution is -0.139. The van der Waals surface area contributed by atoms with E-state index in [1.807, 2.05) is 26.0 Å². The maximum atomic E-state index is 12.3. The van der Waals surface area contributed by atoms with E-state index in [1.54, 1.807) is 19.9 Å². The largest absolute Gasteiger partial charge is 0.463 e. The molecule has 2 N–H and O–H groups in total. The molecule has 1 aromatic rings. The predicted octanol–water partition coefficient (Wildman–Crippen LogP) is 1.98.